The van der Waals surface area contributed by atoms with Crippen LogP contribution in [0.25, 0.3) is 0 Å². The largest absolute Gasteiger partial charge is 0.326 e. The van der Waals surface area contributed by atoms with Gasteiger partial charge < -0.3 is 5.32 Å². The molecule has 0 aliphatic heterocycles. The summed E-state index contributed by atoms with van der Waals surface area (Å²) in [6, 6.07) is 7.87. The Bertz CT molecular complexity index is 629. The van der Waals surface area contributed by atoms with Crippen LogP contribution in [0.2, 0.25) is 0 Å². The minimum absolute atomic E-state index is 0.0507. The molecular weight excluding hydrogens is 324 g/mol. The number of carbonyl (C=O) groups is 1. The quantitative estimate of drug-likeness (QED) is 0.702. The predicted molar refractivity (Wildman–Crippen MR) is 99.7 cm³/mol. The molecule has 0 spiro atoms. The highest BCUT2D eigenvalue weighted by Gasteiger charge is 2.15. The fourth-order valence-corrected chi connectivity index (χ4v) is 2.83. The lowest BCUT2D eigenvalue weighted by Crippen LogP contribution is -2.31. The van der Waals surface area contributed by atoms with Gasteiger partial charge >= 0.3 is 0 Å². The second kappa shape index (κ2) is 8.62. The Morgan fingerprint density at radius 3 is 2.17 bits per heavy atom. The van der Waals surface area contributed by atoms with E-state index in [-0.39, 0.29) is 11.3 Å². The third-order valence-electron chi connectivity index (χ3n) is 3.79. The Morgan fingerprint density at radius 2 is 1.67 bits per heavy atom. The lowest BCUT2D eigenvalue weighted by atomic mass is 9.87. The van der Waals surface area contributed by atoms with Crippen LogP contribution in [0.4, 0.5) is 5.69 Å². The molecule has 0 fully saturated rings. The second-order valence-corrected chi connectivity index (χ2v) is 9.64. The van der Waals surface area contributed by atoms with Gasteiger partial charge in [0.05, 0.1) is 5.25 Å². The van der Waals surface area contributed by atoms with Crippen molar-refractivity contribution in [2.24, 2.45) is 0 Å². The van der Waals surface area contributed by atoms with Crippen LogP contribution in [0.3, 0.4) is 0 Å². The van der Waals surface area contributed by atoms with Crippen molar-refractivity contribution in [1.82, 2.24) is 4.72 Å². The number of carbonyl (C=O) groups excluding carboxylic acids is 1. The average Bonchev–Trinajstić information content (AvgIpc) is 2.46. The summed E-state index contributed by atoms with van der Waals surface area (Å²) >= 11 is 0. The van der Waals surface area contributed by atoms with Gasteiger partial charge in [-0.05, 0) is 49.8 Å². The maximum atomic E-state index is 11.9. The summed E-state index contributed by atoms with van der Waals surface area (Å²) in [7, 11) is -3.21. The monoisotopic (exact) mass is 354 g/mol. The number of amides is 1. The van der Waals surface area contributed by atoms with E-state index in [1.165, 1.54) is 5.56 Å². The van der Waals surface area contributed by atoms with Crippen LogP contribution < -0.4 is 10.0 Å². The molecule has 5 nitrogen and oxygen atoms in total. The van der Waals surface area contributed by atoms with Gasteiger partial charge in [-0.3, -0.25) is 4.79 Å². The van der Waals surface area contributed by atoms with Crippen molar-refractivity contribution in [1.29, 1.82) is 0 Å². The number of benzene rings is 1. The third kappa shape index (κ3) is 7.01. The molecule has 0 aliphatic carbocycles. The van der Waals surface area contributed by atoms with Crippen LogP contribution in [0, 0.1) is 0 Å². The van der Waals surface area contributed by atoms with Crippen LogP contribution in [-0.4, -0.2) is 26.1 Å². The first-order chi connectivity index (χ1) is 11.0. The molecule has 0 saturated heterocycles. The molecule has 6 heteroatoms. The van der Waals surface area contributed by atoms with Gasteiger partial charge in [0, 0.05) is 18.7 Å². The summed E-state index contributed by atoms with van der Waals surface area (Å²) in [4.78, 5) is 11.9. The van der Waals surface area contributed by atoms with Crippen LogP contribution >= 0.6 is 0 Å². The minimum atomic E-state index is -3.21. The molecule has 0 unspecified atom stereocenters. The van der Waals surface area contributed by atoms with Crippen molar-refractivity contribution >= 4 is 21.6 Å². The number of hydrogen-bond acceptors (Lipinski definition) is 3. The van der Waals surface area contributed by atoms with E-state index >= 15 is 0 Å². The Kier molecular flexibility index (Phi) is 7.42. The number of anilines is 1. The SMILES string of the molecule is CC(C)S(=O)(=O)NCCCCC(=O)Nc1ccc(C(C)(C)C)cc1. The van der Waals surface area contributed by atoms with Crippen LogP contribution in [0.1, 0.15) is 59.4 Å². The van der Waals surface area contributed by atoms with Gasteiger partial charge in [0.25, 0.3) is 0 Å². The first kappa shape index (κ1) is 20.6. The zero-order valence-corrected chi connectivity index (χ0v) is 16.2. The van der Waals surface area contributed by atoms with E-state index in [1.54, 1.807) is 13.8 Å². The third-order valence-corrected chi connectivity index (χ3v) is 5.64. The highest BCUT2D eigenvalue weighted by atomic mass is 32.2. The van der Waals surface area contributed by atoms with E-state index < -0.39 is 15.3 Å². The molecule has 136 valence electrons. The van der Waals surface area contributed by atoms with Crippen LogP contribution in [0.15, 0.2) is 24.3 Å². The number of nitrogens with one attached hydrogen (secondary N) is 2. The van der Waals surface area contributed by atoms with Crippen molar-refractivity contribution < 1.29 is 13.2 Å². The maximum Gasteiger partial charge on any atom is 0.224 e. The van der Waals surface area contributed by atoms with E-state index in [4.69, 9.17) is 0 Å². The Balaban J connectivity index is 2.32. The van der Waals surface area contributed by atoms with Crippen LogP contribution in [0.5, 0.6) is 0 Å². The molecule has 0 heterocycles. The number of rotatable bonds is 8. The summed E-state index contributed by atoms with van der Waals surface area (Å²) < 4.78 is 25.7. The zero-order chi connectivity index (χ0) is 18.4. The number of unbranched alkanes of at least 4 members (excludes halogenated alkanes) is 1. The second-order valence-electron chi connectivity index (χ2n) is 7.32. The summed E-state index contributed by atoms with van der Waals surface area (Å²) in [5.74, 6) is -0.0507. The van der Waals surface area contributed by atoms with Gasteiger partial charge in [-0.2, -0.15) is 0 Å². The van der Waals surface area contributed by atoms with Crippen molar-refractivity contribution in [2.75, 3.05) is 11.9 Å². The first-order valence-electron chi connectivity index (χ1n) is 8.41. The van der Waals surface area contributed by atoms with Gasteiger partial charge in [0.1, 0.15) is 0 Å². The fourth-order valence-electron chi connectivity index (χ4n) is 2.07. The lowest BCUT2D eigenvalue weighted by Gasteiger charge is -2.19. The van der Waals surface area contributed by atoms with Gasteiger partial charge in [-0.25, -0.2) is 13.1 Å². The molecule has 2 N–H and O–H groups in total. The molecule has 0 radical (unpaired) electrons. The number of hydrogen-bond donors (Lipinski definition) is 2. The molecule has 0 aromatic heterocycles. The smallest absolute Gasteiger partial charge is 0.224 e. The molecule has 0 aliphatic rings. The summed E-state index contributed by atoms with van der Waals surface area (Å²) in [6.07, 6.45) is 1.67. The summed E-state index contributed by atoms with van der Waals surface area (Å²) in [6.45, 7) is 10.1. The molecule has 0 bridgehead atoms. The fraction of sp³-hybridized carbons (Fsp3) is 0.611. The highest BCUT2D eigenvalue weighted by Crippen LogP contribution is 2.23. The Labute approximate surface area is 146 Å². The first-order valence-corrected chi connectivity index (χ1v) is 9.96. The van der Waals surface area contributed by atoms with Gasteiger partial charge in [0.2, 0.25) is 15.9 Å². The summed E-state index contributed by atoms with van der Waals surface area (Å²) in [5.41, 5.74) is 2.10. The summed E-state index contributed by atoms with van der Waals surface area (Å²) in [5, 5.41) is 2.43. The van der Waals surface area contributed by atoms with E-state index in [9.17, 15) is 13.2 Å². The minimum Gasteiger partial charge on any atom is -0.326 e. The molecule has 1 aromatic rings. The van der Waals surface area contributed by atoms with Crippen LogP contribution in [-0.2, 0) is 20.2 Å². The van der Waals surface area contributed by atoms with Gasteiger partial charge in [-0.15, -0.1) is 0 Å². The van der Waals surface area contributed by atoms with Gasteiger partial charge in [0.15, 0.2) is 0 Å². The van der Waals surface area contributed by atoms with E-state index in [1.807, 2.05) is 24.3 Å². The van der Waals surface area contributed by atoms with E-state index in [0.29, 0.717) is 25.8 Å². The molecule has 0 saturated carbocycles. The average molecular weight is 355 g/mol. The van der Waals surface area contributed by atoms with Gasteiger partial charge in [-0.1, -0.05) is 32.9 Å². The number of sulfonamides is 1. The molecule has 0 atom stereocenters. The zero-order valence-electron chi connectivity index (χ0n) is 15.3. The van der Waals surface area contributed by atoms with E-state index in [2.05, 4.69) is 30.8 Å². The molecular formula is C18H30N2O3S. The predicted octanol–water partition coefficient (Wildman–Crippen LogP) is 3.42. The molecule has 24 heavy (non-hydrogen) atoms. The topological polar surface area (TPSA) is 75.3 Å². The molecule has 1 aromatic carbocycles. The van der Waals surface area contributed by atoms with Crippen molar-refractivity contribution in [3.05, 3.63) is 29.8 Å². The maximum absolute atomic E-state index is 11.9. The van der Waals surface area contributed by atoms with Crippen molar-refractivity contribution in [3.8, 4) is 0 Å². The van der Waals surface area contributed by atoms with E-state index in [0.717, 1.165) is 5.69 Å². The molecule has 1 amide bonds. The normalized spacial score (nSPS) is 12.4. The Morgan fingerprint density at radius 1 is 1.08 bits per heavy atom. The van der Waals surface area contributed by atoms with Crippen molar-refractivity contribution in [2.45, 2.75) is 64.5 Å². The van der Waals surface area contributed by atoms with Crippen molar-refractivity contribution in [3.63, 3.8) is 0 Å². The molecule has 1 rings (SSSR count). The lowest BCUT2D eigenvalue weighted by molar-refractivity contribution is -0.116. The highest BCUT2D eigenvalue weighted by molar-refractivity contribution is 7.90. The standard InChI is InChI=1S/C18H30N2O3S/c1-14(2)24(22,23)19-13-7-6-8-17(21)20-16-11-9-15(10-12-16)18(3,4)5/h9-12,14,19H,6-8,13H2,1-5H3,(H,20,21). The Hall–Kier alpha value is -1.40.